The molecule has 10 heteroatoms. The number of nitrogen functional groups attached to an aromatic ring is 1. The molecule has 1 saturated heterocycles. The summed E-state index contributed by atoms with van der Waals surface area (Å²) in [5.74, 6) is 0.200. The molecule has 0 spiro atoms. The number of carbonyl (C=O) groups is 1. The summed E-state index contributed by atoms with van der Waals surface area (Å²) in [6, 6.07) is 13.8. The van der Waals surface area contributed by atoms with E-state index in [1.165, 1.54) is 10.5 Å². The summed E-state index contributed by atoms with van der Waals surface area (Å²) in [6.45, 7) is 1.35. The third-order valence-electron chi connectivity index (χ3n) is 5.50. The van der Waals surface area contributed by atoms with Crippen LogP contribution < -0.4 is 15.8 Å². The number of rotatable bonds is 7. The number of benzene rings is 2. The van der Waals surface area contributed by atoms with E-state index in [0.717, 1.165) is 18.4 Å². The molecular formula is C23H25N5O4S. The lowest BCUT2D eigenvalue weighted by molar-refractivity contribution is 0.0946. The zero-order chi connectivity index (χ0) is 23.4. The Balaban J connectivity index is 1.47. The number of anilines is 1. The van der Waals surface area contributed by atoms with Gasteiger partial charge in [0.1, 0.15) is 5.75 Å². The van der Waals surface area contributed by atoms with E-state index >= 15 is 0 Å². The molecule has 0 bridgehead atoms. The molecular weight excluding hydrogens is 442 g/mol. The third-order valence-corrected chi connectivity index (χ3v) is 7.41. The van der Waals surface area contributed by atoms with Crippen molar-refractivity contribution in [2.75, 3.05) is 25.9 Å². The van der Waals surface area contributed by atoms with Crippen molar-refractivity contribution in [2.45, 2.75) is 24.3 Å². The zero-order valence-electron chi connectivity index (χ0n) is 18.2. The van der Waals surface area contributed by atoms with Crippen LogP contribution in [0, 0.1) is 0 Å². The molecule has 2 aromatic carbocycles. The van der Waals surface area contributed by atoms with E-state index in [0.29, 0.717) is 30.1 Å². The Morgan fingerprint density at radius 3 is 2.48 bits per heavy atom. The highest BCUT2D eigenvalue weighted by molar-refractivity contribution is 7.89. The number of nitrogens with one attached hydrogen (secondary N) is 1. The summed E-state index contributed by atoms with van der Waals surface area (Å²) in [5.41, 5.74) is 7.93. The highest BCUT2D eigenvalue weighted by Gasteiger charge is 2.27. The lowest BCUT2D eigenvalue weighted by Gasteiger charge is -2.15. The van der Waals surface area contributed by atoms with Gasteiger partial charge >= 0.3 is 0 Å². The summed E-state index contributed by atoms with van der Waals surface area (Å²) < 4.78 is 32.2. The molecule has 9 nitrogen and oxygen atoms in total. The second kappa shape index (κ2) is 9.55. The molecule has 1 fully saturated rings. The van der Waals surface area contributed by atoms with Crippen LogP contribution in [-0.2, 0) is 16.6 Å². The first-order valence-corrected chi connectivity index (χ1v) is 12.0. The largest absolute Gasteiger partial charge is 0.496 e. The van der Waals surface area contributed by atoms with E-state index < -0.39 is 15.9 Å². The maximum absolute atomic E-state index is 12.7. The van der Waals surface area contributed by atoms with Crippen LogP contribution in [0.15, 0.2) is 59.6 Å². The number of carbonyl (C=O) groups excluding carboxylic acids is 1. The van der Waals surface area contributed by atoms with Crippen LogP contribution in [0.25, 0.3) is 11.3 Å². The predicted molar refractivity (Wildman–Crippen MR) is 124 cm³/mol. The molecule has 172 valence electrons. The molecule has 1 aliphatic heterocycles. The van der Waals surface area contributed by atoms with Gasteiger partial charge in [-0.3, -0.25) is 4.79 Å². The summed E-state index contributed by atoms with van der Waals surface area (Å²) in [5, 5.41) is 2.77. The van der Waals surface area contributed by atoms with Crippen molar-refractivity contribution in [1.29, 1.82) is 0 Å². The van der Waals surface area contributed by atoms with Gasteiger partial charge in [-0.1, -0.05) is 30.3 Å². The molecule has 3 aromatic rings. The highest BCUT2D eigenvalue weighted by Crippen LogP contribution is 2.25. The Bertz CT molecular complexity index is 1260. The minimum Gasteiger partial charge on any atom is -0.496 e. The van der Waals surface area contributed by atoms with Crippen LogP contribution in [0.3, 0.4) is 0 Å². The molecule has 0 aliphatic carbocycles. The summed E-state index contributed by atoms with van der Waals surface area (Å²) in [6.07, 6.45) is 3.20. The molecule has 33 heavy (non-hydrogen) atoms. The monoisotopic (exact) mass is 467 g/mol. The van der Waals surface area contributed by atoms with Crippen LogP contribution in [0.1, 0.15) is 28.9 Å². The van der Waals surface area contributed by atoms with E-state index in [1.807, 2.05) is 24.3 Å². The Hall–Kier alpha value is -3.50. The molecule has 1 amide bonds. The van der Waals surface area contributed by atoms with Gasteiger partial charge < -0.3 is 15.8 Å². The van der Waals surface area contributed by atoms with Gasteiger partial charge in [-0.25, -0.2) is 18.4 Å². The number of nitrogens with two attached hydrogens (primary N) is 1. The van der Waals surface area contributed by atoms with Gasteiger partial charge in [0.25, 0.3) is 5.91 Å². The van der Waals surface area contributed by atoms with E-state index in [4.69, 9.17) is 10.5 Å². The maximum atomic E-state index is 12.7. The number of amides is 1. The van der Waals surface area contributed by atoms with Gasteiger partial charge in [0.15, 0.2) is 11.5 Å². The third kappa shape index (κ3) is 4.81. The first-order chi connectivity index (χ1) is 15.9. The molecule has 1 aliphatic rings. The van der Waals surface area contributed by atoms with Gasteiger partial charge in [0.2, 0.25) is 10.0 Å². The van der Waals surface area contributed by atoms with Crippen LogP contribution in [0.2, 0.25) is 0 Å². The van der Waals surface area contributed by atoms with Crippen LogP contribution in [0.4, 0.5) is 5.82 Å². The zero-order valence-corrected chi connectivity index (χ0v) is 19.0. The normalized spacial score (nSPS) is 14.2. The van der Waals surface area contributed by atoms with Crippen molar-refractivity contribution < 1.29 is 17.9 Å². The van der Waals surface area contributed by atoms with Crippen molar-refractivity contribution in [2.24, 2.45) is 0 Å². The van der Waals surface area contributed by atoms with Crippen molar-refractivity contribution >= 4 is 21.7 Å². The quantitative estimate of drug-likeness (QED) is 0.546. The fourth-order valence-corrected chi connectivity index (χ4v) is 5.22. The van der Waals surface area contributed by atoms with E-state index in [9.17, 15) is 13.2 Å². The molecule has 0 saturated carbocycles. The fourth-order valence-electron chi connectivity index (χ4n) is 3.70. The lowest BCUT2D eigenvalue weighted by Crippen LogP contribution is -2.27. The van der Waals surface area contributed by atoms with E-state index in [1.54, 1.807) is 31.4 Å². The predicted octanol–water partition coefficient (Wildman–Crippen LogP) is 2.45. The van der Waals surface area contributed by atoms with E-state index in [-0.39, 0.29) is 23.0 Å². The van der Waals surface area contributed by atoms with Crippen molar-refractivity contribution in [1.82, 2.24) is 19.6 Å². The number of sulfonamides is 1. The van der Waals surface area contributed by atoms with E-state index in [2.05, 4.69) is 15.3 Å². The lowest BCUT2D eigenvalue weighted by atomic mass is 10.1. The number of methoxy groups -OCH3 is 1. The average Bonchev–Trinajstić information content (AvgIpc) is 3.39. The van der Waals surface area contributed by atoms with Crippen molar-refractivity contribution in [3.05, 3.63) is 66.0 Å². The van der Waals surface area contributed by atoms with Crippen molar-refractivity contribution in [3.63, 3.8) is 0 Å². The molecule has 0 unspecified atom stereocenters. The molecule has 4 rings (SSSR count). The van der Waals surface area contributed by atoms with Gasteiger partial charge in [-0.15, -0.1) is 0 Å². The first kappa shape index (κ1) is 22.7. The number of hydrogen-bond donors (Lipinski definition) is 2. The van der Waals surface area contributed by atoms with Crippen LogP contribution in [0.5, 0.6) is 5.75 Å². The number of ether oxygens (including phenoxy) is 1. The molecule has 2 heterocycles. The first-order valence-electron chi connectivity index (χ1n) is 10.5. The second-order valence-electron chi connectivity index (χ2n) is 7.62. The molecule has 3 N–H and O–H groups in total. The minimum absolute atomic E-state index is 0.0150. The number of para-hydroxylation sites is 1. The van der Waals surface area contributed by atoms with Crippen molar-refractivity contribution in [3.8, 4) is 17.0 Å². The summed E-state index contributed by atoms with van der Waals surface area (Å²) in [7, 11) is -1.92. The Morgan fingerprint density at radius 1 is 1.12 bits per heavy atom. The smallest absolute Gasteiger partial charge is 0.273 e. The summed E-state index contributed by atoms with van der Waals surface area (Å²) >= 11 is 0. The Labute approximate surface area is 192 Å². The van der Waals surface area contributed by atoms with Gasteiger partial charge in [0, 0.05) is 30.8 Å². The molecule has 1 aromatic heterocycles. The number of aromatic nitrogens is 2. The highest BCUT2D eigenvalue weighted by atomic mass is 32.2. The topological polar surface area (TPSA) is 128 Å². The minimum atomic E-state index is -3.49. The van der Waals surface area contributed by atoms with Gasteiger partial charge in [-0.05, 0) is 31.0 Å². The Kier molecular flexibility index (Phi) is 6.57. The second-order valence-corrected chi connectivity index (χ2v) is 9.56. The Morgan fingerprint density at radius 2 is 1.82 bits per heavy atom. The molecule has 0 atom stereocenters. The maximum Gasteiger partial charge on any atom is 0.273 e. The van der Waals surface area contributed by atoms with Crippen LogP contribution >= 0.6 is 0 Å². The number of nitrogens with zero attached hydrogens (tertiary/aromatic N) is 3. The van der Waals surface area contributed by atoms with Gasteiger partial charge in [0.05, 0.1) is 23.9 Å². The van der Waals surface area contributed by atoms with Crippen LogP contribution in [-0.4, -0.2) is 48.8 Å². The summed E-state index contributed by atoms with van der Waals surface area (Å²) in [4.78, 5) is 21.3. The number of hydrogen-bond acceptors (Lipinski definition) is 7. The average molecular weight is 468 g/mol. The fraction of sp³-hybridized carbons (Fsp3) is 0.261. The standard InChI is InChI=1S/C23H25N5O4S/c1-32-20-7-3-2-6-17(20)14-26-23(29)21-22(24)27-19(15-25-21)16-8-10-18(11-9-16)33(30,31)28-12-4-5-13-28/h2-3,6-11,15H,4-5,12-14H2,1H3,(H2,24,27)(H,26,29). The molecule has 0 radical (unpaired) electrons. The van der Waals surface area contributed by atoms with Gasteiger partial charge in [-0.2, -0.15) is 4.31 Å². The SMILES string of the molecule is COc1ccccc1CNC(=O)c1ncc(-c2ccc(S(=O)(=O)N3CCCC3)cc2)nc1N.